The molecule has 1 N–H and O–H groups in total. The maximum atomic E-state index is 5.64. The first-order valence-corrected chi connectivity index (χ1v) is 8.37. The molecule has 23 heavy (non-hydrogen) atoms. The minimum atomic E-state index is 0. The molecule has 0 saturated heterocycles. The molecule has 0 radical (unpaired) electrons. The van der Waals surface area contributed by atoms with Crippen molar-refractivity contribution in [2.24, 2.45) is 0 Å². The molecule has 0 aliphatic heterocycles. The van der Waals surface area contributed by atoms with E-state index in [1.165, 1.54) is 5.56 Å². The van der Waals surface area contributed by atoms with Crippen molar-refractivity contribution in [3.05, 3.63) is 22.2 Å². The SMILES string of the molecule is CCOc1cc(CNCCN(CC)CC)cc(Br)c1OC.Cl.Cl. The van der Waals surface area contributed by atoms with Crippen LogP contribution < -0.4 is 14.8 Å². The van der Waals surface area contributed by atoms with E-state index in [1.807, 2.05) is 13.0 Å². The van der Waals surface area contributed by atoms with Crippen molar-refractivity contribution < 1.29 is 9.47 Å². The van der Waals surface area contributed by atoms with Crippen molar-refractivity contribution in [3.8, 4) is 11.5 Å². The van der Waals surface area contributed by atoms with E-state index in [-0.39, 0.29) is 24.8 Å². The predicted molar refractivity (Wildman–Crippen MR) is 106 cm³/mol. The standard InChI is InChI=1S/C16H27BrN2O2.2ClH/c1-5-19(6-2)9-8-18-12-13-10-14(17)16(20-4)15(11-13)21-7-3;;/h10-11,18H,5-9,12H2,1-4H3;2*1H. The number of likely N-dealkylation sites (N-methyl/N-ethyl adjacent to an activating group) is 1. The summed E-state index contributed by atoms with van der Waals surface area (Å²) in [4.78, 5) is 2.41. The molecule has 0 heterocycles. The molecule has 1 aromatic rings. The molecule has 0 spiro atoms. The number of rotatable bonds is 10. The molecule has 0 aliphatic carbocycles. The molecule has 0 aliphatic rings. The fourth-order valence-corrected chi connectivity index (χ4v) is 2.85. The van der Waals surface area contributed by atoms with E-state index >= 15 is 0 Å². The highest BCUT2D eigenvalue weighted by Gasteiger charge is 2.11. The van der Waals surface area contributed by atoms with Crippen LogP contribution in [0, 0.1) is 0 Å². The van der Waals surface area contributed by atoms with Gasteiger partial charge in [0.1, 0.15) is 0 Å². The van der Waals surface area contributed by atoms with Crippen LogP contribution in [0.5, 0.6) is 11.5 Å². The van der Waals surface area contributed by atoms with Crippen molar-refractivity contribution in [2.45, 2.75) is 27.3 Å². The molecule has 0 atom stereocenters. The smallest absolute Gasteiger partial charge is 0.174 e. The molecule has 0 saturated carbocycles. The summed E-state index contributed by atoms with van der Waals surface area (Å²) >= 11 is 3.54. The molecule has 1 aromatic carbocycles. The highest BCUT2D eigenvalue weighted by Crippen LogP contribution is 2.36. The Labute approximate surface area is 161 Å². The number of hydrogen-bond acceptors (Lipinski definition) is 4. The number of halogens is 3. The summed E-state index contributed by atoms with van der Waals surface area (Å²) < 4.78 is 11.9. The van der Waals surface area contributed by atoms with Crippen LogP contribution in [-0.4, -0.2) is 44.8 Å². The van der Waals surface area contributed by atoms with E-state index in [1.54, 1.807) is 7.11 Å². The summed E-state index contributed by atoms with van der Waals surface area (Å²) in [6, 6.07) is 4.11. The zero-order chi connectivity index (χ0) is 15.7. The summed E-state index contributed by atoms with van der Waals surface area (Å²) in [6.07, 6.45) is 0. The van der Waals surface area contributed by atoms with E-state index in [0.29, 0.717) is 6.61 Å². The second-order valence-electron chi connectivity index (χ2n) is 4.75. The number of hydrogen-bond donors (Lipinski definition) is 1. The van der Waals surface area contributed by atoms with E-state index in [0.717, 1.165) is 48.7 Å². The molecule has 4 nitrogen and oxygen atoms in total. The lowest BCUT2D eigenvalue weighted by molar-refractivity contribution is 0.301. The number of benzene rings is 1. The van der Waals surface area contributed by atoms with E-state index in [2.05, 4.69) is 46.1 Å². The average molecular weight is 432 g/mol. The van der Waals surface area contributed by atoms with Gasteiger partial charge in [0.15, 0.2) is 11.5 Å². The zero-order valence-corrected chi connectivity index (χ0v) is 17.6. The van der Waals surface area contributed by atoms with Crippen LogP contribution in [0.2, 0.25) is 0 Å². The molecule has 0 fully saturated rings. The lowest BCUT2D eigenvalue weighted by atomic mass is 10.2. The van der Waals surface area contributed by atoms with Gasteiger partial charge in [-0.3, -0.25) is 0 Å². The van der Waals surface area contributed by atoms with Crippen LogP contribution in [-0.2, 0) is 6.54 Å². The van der Waals surface area contributed by atoms with Gasteiger partial charge in [-0.2, -0.15) is 0 Å². The summed E-state index contributed by atoms with van der Waals surface area (Å²) in [5.74, 6) is 1.54. The number of methoxy groups -OCH3 is 1. The number of nitrogens with zero attached hydrogens (tertiary/aromatic N) is 1. The third-order valence-corrected chi connectivity index (χ3v) is 3.99. The Morgan fingerprint density at radius 3 is 2.30 bits per heavy atom. The first-order chi connectivity index (χ1) is 10.2. The minimum absolute atomic E-state index is 0. The van der Waals surface area contributed by atoms with Crippen molar-refractivity contribution in [3.63, 3.8) is 0 Å². The highest BCUT2D eigenvalue weighted by atomic mass is 79.9. The monoisotopic (exact) mass is 430 g/mol. The van der Waals surface area contributed by atoms with E-state index in [9.17, 15) is 0 Å². The molecular formula is C16H29BrCl2N2O2. The first-order valence-electron chi connectivity index (χ1n) is 7.58. The molecule has 7 heteroatoms. The Bertz CT molecular complexity index is 433. The Kier molecular flexibility index (Phi) is 15.4. The van der Waals surface area contributed by atoms with Gasteiger partial charge in [0.05, 0.1) is 18.2 Å². The second kappa shape index (κ2) is 14.2. The summed E-state index contributed by atoms with van der Waals surface area (Å²) in [6.45, 7) is 12.1. The van der Waals surface area contributed by atoms with Crippen molar-refractivity contribution >= 4 is 40.7 Å². The summed E-state index contributed by atoms with van der Waals surface area (Å²) in [5, 5.41) is 3.48. The lowest BCUT2D eigenvalue weighted by Gasteiger charge is -2.18. The Morgan fingerprint density at radius 2 is 1.78 bits per heavy atom. The number of nitrogens with one attached hydrogen (secondary N) is 1. The Morgan fingerprint density at radius 1 is 1.13 bits per heavy atom. The summed E-state index contributed by atoms with van der Waals surface area (Å²) in [7, 11) is 1.66. The molecule has 0 amide bonds. The van der Waals surface area contributed by atoms with Gasteiger partial charge in [0.25, 0.3) is 0 Å². The quantitative estimate of drug-likeness (QED) is 0.564. The van der Waals surface area contributed by atoms with Crippen LogP contribution in [0.1, 0.15) is 26.3 Å². The van der Waals surface area contributed by atoms with Crippen molar-refractivity contribution in [1.82, 2.24) is 10.2 Å². The van der Waals surface area contributed by atoms with Crippen LogP contribution >= 0.6 is 40.7 Å². The Balaban J connectivity index is 0. The van der Waals surface area contributed by atoms with Gasteiger partial charge in [-0.05, 0) is 53.6 Å². The zero-order valence-electron chi connectivity index (χ0n) is 14.4. The molecule has 0 bridgehead atoms. The predicted octanol–water partition coefficient (Wildman–Crippen LogP) is 4.13. The van der Waals surface area contributed by atoms with E-state index < -0.39 is 0 Å². The van der Waals surface area contributed by atoms with Gasteiger partial charge in [-0.1, -0.05) is 13.8 Å². The third kappa shape index (κ3) is 8.45. The van der Waals surface area contributed by atoms with Crippen molar-refractivity contribution in [1.29, 1.82) is 0 Å². The maximum Gasteiger partial charge on any atom is 0.174 e. The summed E-state index contributed by atoms with van der Waals surface area (Å²) in [5.41, 5.74) is 1.19. The van der Waals surface area contributed by atoms with Gasteiger partial charge in [0, 0.05) is 19.6 Å². The van der Waals surface area contributed by atoms with Crippen molar-refractivity contribution in [2.75, 3.05) is 39.9 Å². The van der Waals surface area contributed by atoms with Crippen LogP contribution in [0.3, 0.4) is 0 Å². The fraction of sp³-hybridized carbons (Fsp3) is 0.625. The molecular weight excluding hydrogens is 403 g/mol. The molecule has 136 valence electrons. The van der Waals surface area contributed by atoms with Crippen LogP contribution in [0.15, 0.2) is 16.6 Å². The van der Waals surface area contributed by atoms with Gasteiger partial charge < -0.3 is 19.7 Å². The largest absolute Gasteiger partial charge is 0.492 e. The molecule has 0 unspecified atom stereocenters. The minimum Gasteiger partial charge on any atom is -0.492 e. The average Bonchev–Trinajstić information content (AvgIpc) is 2.47. The topological polar surface area (TPSA) is 33.7 Å². The van der Waals surface area contributed by atoms with Gasteiger partial charge in [0.2, 0.25) is 0 Å². The third-order valence-electron chi connectivity index (χ3n) is 3.40. The van der Waals surface area contributed by atoms with Gasteiger partial charge in [-0.25, -0.2) is 0 Å². The normalized spacial score (nSPS) is 10.0. The van der Waals surface area contributed by atoms with Crippen LogP contribution in [0.4, 0.5) is 0 Å². The Hall–Kier alpha value is -0.200. The molecule has 0 aromatic heterocycles. The van der Waals surface area contributed by atoms with Crippen LogP contribution in [0.25, 0.3) is 0 Å². The first kappa shape index (κ1) is 25.0. The highest BCUT2D eigenvalue weighted by molar-refractivity contribution is 9.10. The van der Waals surface area contributed by atoms with E-state index in [4.69, 9.17) is 9.47 Å². The fourth-order valence-electron chi connectivity index (χ4n) is 2.19. The van der Waals surface area contributed by atoms with Gasteiger partial charge in [-0.15, -0.1) is 24.8 Å². The maximum absolute atomic E-state index is 5.64. The lowest BCUT2D eigenvalue weighted by Crippen LogP contribution is -2.31. The second-order valence-corrected chi connectivity index (χ2v) is 5.60. The van der Waals surface area contributed by atoms with Gasteiger partial charge >= 0.3 is 0 Å². The number of ether oxygens (including phenoxy) is 2. The molecule has 1 rings (SSSR count).